The summed E-state index contributed by atoms with van der Waals surface area (Å²) in [5.74, 6) is 0.797. The first-order chi connectivity index (χ1) is 12.5. The molecule has 1 amide bonds. The Bertz CT molecular complexity index is 813. The highest BCUT2D eigenvalue weighted by atomic mass is 32.2. The molecule has 1 aromatic heterocycles. The number of nitrogens with zero attached hydrogens (tertiary/aromatic N) is 1. The fourth-order valence-electron chi connectivity index (χ4n) is 2.63. The van der Waals surface area contributed by atoms with Gasteiger partial charge in [0.05, 0.1) is 16.0 Å². The summed E-state index contributed by atoms with van der Waals surface area (Å²) < 4.78 is 5.80. The number of carbonyl (C=O) groups is 1. The van der Waals surface area contributed by atoms with Crippen LogP contribution in [-0.4, -0.2) is 22.7 Å². The van der Waals surface area contributed by atoms with E-state index in [1.54, 1.807) is 0 Å². The number of benzene rings is 1. The lowest BCUT2D eigenvalue weighted by molar-refractivity contribution is -0.119. The summed E-state index contributed by atoms with van der Waals surface area (Å²) in [5.41, 5.74) is 3.99. The van der Waals surface area contributed by atoms with Crippen molar-refractivity contribution in [1.82, 2.24) is 10.3 Å². The molecule has 3 rings (SSSR count). The van der Waals surface area contributed by atoms with E-state index in [9.17, 15) is 4.79 Å². The van der Waals surface area contributed by atoms with Crippen molar-refractivity contribution in [2.75, 3.05) is 6.61 Å². The molecule has 0 saturated carbocycles. The van der Waals surface area contributed by atoms with Gasteiger partial charge in [-0.25, -0.2) is 0 Å². The fraction of sp³-hybridized carbons (Fsp3) is 0.238. The van der Waals surface area contributed by atoms with Gasteiger partial charge in [0.2, 0.25) is 5.91 Å². The minimum absolute atomic E-state index is 0.0261. The van der Waals surface area contributed by atoms with E-state index < -0.39 is 0 Å². The van der Waals surface area contributed by atoms with Crippen LogP contribution in [0.1, 0.15) is 23.7 Å². The Morgan fingerprint density at radius 3 is 2.54 bits per heavy atom. The van der Waals surface area contributed by atoms with E-state index in [-0.39, 0.29) is 11.2 Å². The first kappa shape index (κ1) is 18.3. The predicted molar refractivity (Wildman–Crippen MR) is 107 cm³/mol. The molecule has 1 aromatic carbocycles. The van der Waals surface area contributed by atoms with Gasteiger partial charge in [0, 0.05) is 11.8 Å². The molecule has 0 aliphatic carbocycles. The van der Waals surface area contributed by atoms with Crippen molar-refractivity contribution in [3.05, 3.63) is 77.6 Å². The Morgan fingerprint density at radius 1 is 1.23 bits per heavy atom. The Kier molecular flexibility index (Phi) is 5.78. The summed E-state index contributed by atoms with van der Waals surface area (Å²) in [5, 5.41) is 3.36. The standard InChI is InChI=1S/C21H22N2O2S/c1-4-16-7-10-19(22-12-16)14(2)13-25-18-8-5-17(6-9-18)11-20-21(24)23-15(3)26-20/h5-10,12,20H,2-4,11,13H2,1H3,(H,23,24). The van der Waals surface area contributed by atoms with E-state index >= 15 is 0 Å². The molecule has 1 aliphatic rings. The molecule has 0 bridgehead atoms. The second-order valence-corrected chi connectivity index (χ2v) is 7.46. The second kappa shape index (κ2) is 8.23. The lowest BCUT2D eigenvalue weighted by Gasteiger charge is -2.10. The van der Waals surface area contributed by atoms with E-state index in [1.807, 2.05) is 36.5 Å². The SMILES string of the molecule is C=C1NC(=O)C(Cc2ccc(OCC(=C)c3ccc(CC)cn3)cc2)S1. The first-order valence-corrected chi connectivity index (χ1v) is 9.44. The maximum absolute atomic E-state index is 11.8. The lowest BCUT2D eigenvalue weighted by atomic mass is 10.1. The Labute approximate surface area is 158 Å². The number of aryl methyl sites for hydroxylation is 1. The molecule has 1 N–H and O–H groups in total. The van der Waals surface area contributed by atoms with Gasteiger partial charge in [-0.1, -0.05) is 50.0 Å². The Morgan fingerprint density at radius 2 is 1.96 bits per heavy atom. The average Bonchev–Trinajstić information content (AvgIpc) is 2.98. The smallest absolute Gasteiger partial charge is 0.238 e. The van der Waals surface area contributed by atoms with Crippen LogP contribution in [0.2, 0.25) is 0 Å². The number of hydrogen-bond donors (Lipinski definition) is 1. The van der Waals surface area contributed by atoms with Crippen LogP contribution in [0.4, 0.5) is 0 Å². The van der Waals surface area contributed by atoms with Gasteiger partial charge in [0.1, 0.15) is 12.4 Å². The summed E-state index contributed by atoms with van der Waals surface area (Å²) in [7, 11) is 0. The average molecular weight is 366 g/mol. The quantitative estimate of drug-likeness (QED) is 0.805. The molecule has 1 unspecified atom stereocenters. The fourth-order valence-corrected chi connectivity index (χ4v) is 3.57. The minimum atomic E-state index is -0.105. The van der Waals surface area contributed by atoms with Gasteiger partial charge in [-0.15, -0.1) is 0 Å². The predicted octanol–water partition coefficient (Wildman–Crippen LogP) is 3.98. The summed E-state index contributed by atoms with van der Waals surface area (Å²) in [6.07, 6.45) is 3.52. The molecule has 1 atom stereocenters. The number of rotatable bonds is 7. The number of nitrogens with one attached hydrogen (secondary N) is 1. The molecule has 4 nitrogen and oxygen atoms in total. The van der Waals surface area contributed by atoms with E-state index in [1.165, 1.54) is 17.3 Å². The van der Waals surface area contributed by atoms with Gasteiger partial charge >= 0.3 is 0 Å². The zero-order chi connectivity index (χ0) is 18.5. The van der Waals surface area contributed by atoms with Crippen LogP contribution in [0.25, 0.3) is 5.57 Å². The molecule has 2 heterocycles. The number of hydrogen-bond acceptors (Lipinski definition) is 4. The molecule has 0 spiro atoms. The van der Waals surface area contributed by atoms with Crippen molar-refractivity contribution < 1.29 is 9.53 Å². The van der Waals surface area contributed by atoms with Crippen molar-refractivity contribution in [3.63, 3.8) is 0 Å². The number of thioether (sulfide) groups is 1. The summed E-state index contributed by atoms with van der Waals surface area (Å²) in [6, 6.07) is 11.9. The van der Waals surface area contributed by atoms with Crippen LogP contribution in [0, 0.1) is 0 Å². The van der Waals surface area contributed by atoms with E-state index in [0.29, 0.717) is 13.0 Å². The van der Waals surface area contributed by atoms with Gasteiger partial charge in [-0.2, -0.15) is 0 Å². The zero-order valence-electron chi connectivity index (χ0n) is 14.8. The van der Waals surface area contributed by atoms with Crippen molar-refractivity contribution in [2.24, 2.45) is 0 Å². The third kappa shape index (κ3) is 4.55. The van der Waals surface area contributed by atoms with Gasteiger partial charge in [0.15, 0.2) is 0 Å². The number of carbonyl (C=O) groups excluding carboxylic acids is 1. The highest BCUT2D eigenvalue weighted by molar-refractivity contribution is 8.04. The summed E-state index contributed by atoms with van der Waals surface area (Å²) in [4.78, 5) is 16.2. The molecule has 134 valence electrons. The molecule has 1 fully saturated rings. The number of ether oxygens (including phenoxy) is 1. The number of amides is 1. The van der Waals surface area contributed by atoms with Crippen LogP contribution >= 0.6 is 11.8 Å². The molecule has 0 radical (unpaired) electrons. The second-order valence-electron chi connectivity index (χ2n) is 6.16. The molecule has 5 heteroatoms. The lowest BCUT2D eigenvalue weighted by Crippen LogP contribution is -2.23. The van der Waals surface area contributed by atoms with Crippen molar-refractivity contribution in [2.45, 2.75) is 25.0 Å². The first-order valence-electron chi connectivity index (χ1n) is 8.56. The van der Waals surface area contributed by atoms with Crippen LogP contribution in [0.15, 0.2) is 60.8 Å². The van der Waals surface area contributed by atoms with Gasteiger partial charge in [0.25, 0.3) is 0 Å². The molecular weight excluding hydrogens is 344 g/mol. The topological polar surface area (TPSA) is 51.2 Å². The van der Waals surface area contributed by atoms with Gasteiger partial charge < -0.3 is 10.1 Å². The van der Waals surface area contributed by atoms with Crippen LogP contribution in [0.5, 0.6) is 5.75 Å². The van der Waals surface area contributed by atoms with Crippen LogP contribution in [-0.2, 0) is 17.6 Å². The van der Waals surface area contributed by atoms with Crippen LogP contribution in [0.3, 0.4) is 0 Å². The molecular formula is C21H22N2O2S. The molecule has 1 aliphatic heterocycles. The maximum atomic E-state index is 11.8. The van der Waals surface area contributed by atoms with Crippen molar-refractivity contribution >= 4 is 23.2 Å². The molecule has 26 heavy (non-hydrogen) atoms. The molecule has 2 aromatic rings. The highest BCUT2D eigenvalue weighted by Crippen LogP contribution is 2.28. The normalized spacial score (nSPS) is 16.4. The molecule has 1 saturated heterocycles. The Hall–Kier alpha value is -2.53. The van der Waals surface area contributed by atoms with E-state index in [0.717, 1.165) is 34.0 Å². The number of pyridine rings is 1. The van der Waals surface area contributed by atoms with Crippen LogP contribution < -0.4 is 10.1 Å². The number of aromatic nitrogens is 1. The highest BCUT2D eigenvalue weighted by Gasteiger charge is 2.27. The van der Waals surface area contributed by atoms with Crippen molar-refractivity contribution in [3.8, 4) is 5.75 Å². The Balaban J connectivity index is 1.53. The van der Waals surface area contributed by atoms with Crippen molar-refractivity contribution in [1.29, 1.82) is 0 Å². The van der Waals surface area contributed by atoms with Gasteiger partial charge in [-0.3, -0.25) is 9.78 Å². The van der Waals surface area contributed by atoms with E-state index in [2.05, 4.69) is 36.4 Å². The van der Waals surface area contributed by atoms with Gasteiger partial charge in [-0.05, 0) is 42.2 Å². The van der Waals surface area contributed by atoms with E-state index in [4.69, 9.17) is 4.74 Å². The largest absolute Gasteiger partial charge is 0.489 e. The maximum Gasteiger partial charge on any atom is 0.238 e. The summed E-state index contributed by atoms with van der Waals surface area (Å²) in [6.45, 7) is 10.3. The zero-order valence-corrected chi connectivity index (χ0v) is 15.6. The minimum Gasteiger partial charge on any atom is -0.489 e. The third-order valence-corrected chi connectivity index (χ3v) is 5.24. The summed E-state index contributed by atoms with van der Waals surface area (Å²) >= 11 is 1.48. The third-order valence-electron chi connectivity index (χ3n) is 4.19. The monoisotopic (exact) mass is 366 g/mol.